The van der Waals surface area contributed by atoms with Gasteiger partial charge in [0.05, 0.1) is 10.9 Å². The lowest BCUT2D eigenvalue weighted by atomic mass is 9.48. The molecule has 1 aliphatic heterocycles. The number of hydrogen-bond donors (Lipinski definition) is 3. The van der Waals surface area contributed by atoms with Crippen LogP contribution < -0.4 is 21.5 Å². The normalized spacial score (nSPS) is 28.8. The molecule has 5 aliphatic rings. The van der Waals surface area contributed by atoms with Gasteiger partial charge < -0.3 is 10.6 Å². The number of nitrogens with one attached hydrogen (secondary N) is 3. The van der Waals surface area contributed by atoms with Crippen molar-refractivity contribution in [1.29, 1.82) is 0 Å². The zero-order valence-electron chi connectivity index (χ0n) is 25.5. The lowest BCUT2D eigenvalue weighted by Crippen LogP contribution is -2.54. The molecule has 0 spiro atoms. The molecule has 4 aliphatic carbocycles. The SMILES string of the molecule is CC(NCCCCCCCNc1cccc2nc(C(F)(F)F)n(C3CCC(=O)NC3=O)c(=O)c12)C12CC3CC(CC(C3)C1)C2. The number of benzene rings is 1. The predicted molar refractivity (Wildman–Crippen MR) is 162 cm³/mol. The van der Waals surface area contributed by atoms with Crippen LogP contribution in [-0.2, 0) is 15.8 Å². The van der Waals surface area contributed by atoms with Crippen molar-refractivity contribution in [2.75, 3.05) is 18.4 Å². The summed E-state index contributed by atoms with van der Waals surface area (Å²) in [5.41, 5.74) is -0.129. The van der Waals surface area contributed by atoms with Crippen molar-refractivity contribution in [2.24, 2.45) is 23.2 Å². The summed E-state index contributed by atoms with van der Waals surface area (Å²) in [5.74, 6) is -0.0532. The van der Waals surface area contributed by atoms with Crippen LogP contribution in [0.2, 0.25) is 0 Å². The molecule has 240 valence electrons. The number of unbranched alkanes of at least 4 members (excludes halogenated alkanes) is 4. The minimum absolute atomic E-state index is 0.00409. The number of rotatable bonds is 12. The van der Waals surface area contributed by atoms with Gasteiger partial charge in [0.15, 0.2) is 0 Å². The molecular formula is C33H44F3N5O3. The average molecular weight is 616 g/mol. The summed E-state index contributed by atoms with van der Waals surface area (Å²) in [5, 5.41) is 9.13. The first kappa shape index (κ1) is 31.0. The number of fused-ring (bicyclic) bond motifs is 1. The van der Waals surface area contributed by atoms with Crippen LogP contribution in [0.25, 0.3) is 10.9 Å². The van der Waals surface area contributed by atoms with E-state index in [4.69, 9.17) is 0 Å². The minimum atomic E-state index is -4.96. The van der Waals surface area contributed by atoms with Gasteiger partial charge in [0.25, 0.3) is 5.56 Å². The molecule has 5 fully saturated rings. The Bertz CT molecular complexity index is 1420. The Balaban J connectivity index is 1.000. The zero-order chi connectivity index (χ0) is 31.1. The number of carbonyl (C=O) groups excluding carboxylic acids is 2. The van der Waals surface area contributed by atoms with Gasteiger partial charge in [-0.1, -0.05) is 25.3 Å². The topological polar surface area (TPSA) is 105 Å². The third-order valence-electron chi connectivity index (χ3n) is 10.8. The zero-order valence-corrected chi connectivity index (χ0v) is 25.5. The smallest absolute Gasteiger partial charge is 0.384 e. The third kappa shape index (κ3) is 6.26. The highest BCUT2D eigenvalue weighted by atomic mass is 19.4. The van der Waals surface area contributed by atoms with Gasteiger partial charge in [-0.3, -0.25) is 24.3 Å². The maximum absolute atomic E-state index is 14.0. The Labute approximate surface area is 255 Å². The Morgan fingerprint density at radius 2 is 1.61 bits per heavy atom. The molecule has 3 N–H and O–H groups in total. The summed E-state index contributed by atoms with van der Waals surface area (Å²) in [4.78, 5) is 41.3. The summed E-state index contributed by atoms with van der Waals surface area (Å²) < 4.78 is 42.3. The number of aromatic nitrogens is 2. The fraction of sp³-hybridized carbons (Fsp3) is 0.697. The molecule has 7 rings (SSSR count). The van der Waals surface area contributed by atoms with E-state index in [0.29, 0.717) is 28.3 Å². The molecule has 2 heterocycles. The summed E-state index contributed by atoms with van der Waals surface area (Å²) in [7, 11) is 0. The molecular weight excluding hydrogens is 571 g/mol. The number of piperidine rings is 1. The number of carbonyl (C=O) groups is 2. The van der Waals surface area contributed by atoms with Crippen molar-refractivity contribution < 1.29 is 22.8 Å². The van der Waals surface area contributed by atoms with Gasteiger partial charge in [-0.15, -0.1) is 0 Å². The second-order valence-electron chi connectivity index (χ2n) is 13.9. The highest BCUT2D eigenvalue weighted by Crippen LogP contribution is 2.61. The summed E-state index contributed by atoms with van der Waals surface area (Å²) in [6.45, 7) is 4.01. The largest absolute Gasteiger partial charge is 0.449 e. The van der Waals surface area contributed by atoms with E-state index in [9.17, 15) is 27.6 Å². The molecule has 1 saturated heterocycles. The van der Waals surface area contributed by atoms with Crippen LogP contribution in [0.5, 0.6) is 0 Å². The minimum Gasteiger partial charge on any atom is -0.384 e. The Morgan fingerprint density at radius 1 is 0.977 bits per heavy atom. The third-order valence-corrected chi connectivity index (χ3v) is 10.8. The van der Waals surface area contributed by atoms with Crippen LogP contribution in [0.3, 0.4) is 0 Å². The fourth-order valence-electron chi connectivity index (χ4n) is 9.05. The Hall–Kier alpha value is -2.95. The first-order valence-electron chi connectivity index (χ1n) is 16.5. The number of imide groups is 1. The van der Waals surface area contributed by atoms with Crippen molar-refractivity contribution >= 4 is 28.4 Å². The van der Waals surface area contributed by atoms with E-state index in [1.54, 1.807) is 12.1 Å². The molecule has 11 heteroatoms. The van der Waals surface area contributed by atoms with E-state index in [1.165, 1.54) is 44.6 Å². The number of alkyl halides is 3. The first-order chi connectivity index (χ1) is 21.0. The van der Waals surface area contributed by atoms with Crippen molar-refractivity contribution in [3.63, 3.8) is 0 Å². The number of amides is 2. The fourth-order valence-corrected chi connectivity index (χ4v) is 9.05. The summed E-state index contributed by atoms with van der Waals surface area (Å²) in [6, 6.07) is 3.69. The monoisotopic (exact) mass is 615 g/mol. The Morgan fingerprint density at radius 3 is 2.25 bits per heavy atom. The van der Waals surface area contributed by atoms with Crippen LogP contribution in [0.4, 0.5) is 18.9 Å². The van der Waals surface area contributed by atoms with Crippen LogP contribution in [-0.4, -0.2) is 40.5 Å². The molecule has 2 unspecified atom stereocenters. The maximum Gasteiger partial charge on any atom is 0.449 e. The van der Waals surface area contributed by atoms with Crippen LogP contribution in [0, 0.1) is 23.2 Å². The molecule has 4 bridgehead atoms. The molecule has 44 heavy (non-hydrogen) atoms. The van der Waals surface area contributed by atoms with Crippen molar-refractivity contribution in [2.45, 2.75) is 109 Å². The van der Waals surface area contributed by atoms with E-state index < -0.39 is 35.4 Å². The summed E-state index contributed by atoms with van der Waals surface area (Å²) in [6.07, 6.45) is 8.56. The molecule has 1 aromatic carbocycles. The standard InChI is InChI=1S/C33H44F3N5O3/c1-20(32-17-21-14-22(18-32)16-23(15-21)19-32)37-12-5-3-2-4-6-13-38-24-8-7-9-25-28(24)30(44)41(31(39-25)33(34,35)36)26-10-11-27(42)40-29(26)43/h7-9,20-23,26,37-38H,2-6,10-19H2,1H3,(H,40,42,43). The molecule has 1 aromatic heterocycles. The van der Waals surface area contributed by atoms with Crippen molar-refractivity contribution in [1.82, 2.24) is 20.2 Å². The van der Waals surface area contributed by atoms with Crippen LogP contribution >= 0.6 is 0 Å². The Kier molecular flexibility index (Phi) is 8.78. The van der Waals surface area contributed by atoms with E-state index in [1.807, 2.05) is 5.32 Å². The second-order valence-corrected chi connectivity index (χ2v) is 13.9. The van der Waals surface area contributed by atoms with E-state index in [-0.39, 0.29) is 23.7 Å². The van der Waals surface area contributed by atoms with Gasteiger partial charge in [0.1, 0.15) is 6.04 Å². The van der Waals surface area contributed by atoms with Gasteiger partial charge in [-0.05, 0) is 107 Å². The quantitative estimate of drug-likeness (QED) is 0.201. The van der Waals surface area contributed by atoms with E-state index >= 15 is 0 Å². The number of nitrogens with zero attached hydrogens (tertiary/aromatic N) is 2. The average Bonchev–Trinajstić information content (AvgIpc) is 2.95. The highest BCUT2D eigenvalue weighted by Gasteiger charge is 2.53. The maximum atomic E-state index is 14.0. The van der Waals surface area contributed by atoms with Gasteiger partial charge in [-0.25, -0.2) is 4.98 Å². The summed E-state index contributed by atoms with van der Waals surface area (Å²) >= 11 is 0. The second kappa shape index (κ2) is 12.4. The van der Waals surface area contributed by atoms with Gasteiger partial charge >= 0.3 is 6.18 Å². The molecule has 2 atom stereocenters. The van der Waals surface area contributed by atoms with Gasteiger partial charge in [0.2, 0.25) is 17.6 Å². The first-order valence-corrected chi connectivity index (χ1v) is 16.5. The molecule has 0 radical (unpaired) electrons. The molecule has 4 saturated carbocycles. The highest BCUT2D eigenvalue weighted by molar-refractivity contribution is 5.99. The molecule has 2 aromatic rings. The number of halogens is 3. The van der Waals surface area contributed by atoms with E-state index in [2.05, 4.69) is 22.5 Å². The lowest BCUT2D eigenvalue weighted by Gasteiger charge is -2.59. The van der Waals surface area contributed by atoms with Gasteiger partial charge in [0, 0.05) is 24.7 Å². The molecule has 8 nitrogen and oxygen atoms in total. The number of hydrogen-bond acceptors (Lipinski definition) is 6. The number of anilines is 1. The van der Waals surface area contributed by atoms with Crippen molar-refractivity contribution in [3.05, 3.63) is 34.4 Å². The van der Waals surface area contributed by atoms with E-state index in [0.717, 1.165) is 56.4 Å². The van der Waals surface area contributed by atoms with Crippen LogP contribution in [0.1, 0.15) is 102 Å². The van der Waals surface area contributed by atoms with Crippen molar-refractivity contribution in [3.8, 4) is 0 Å². The molecule has 2 amide bonds. The lowest BCUT2D eigenvalue weighted by molar-refractivity contribution is -0.150. The van der Waals surface area contributed by atoms with Crippen LogP contribution in [0.15, 0.2) is 23.0 Å². The predicted octanol–water partition coefficient (Wildman–Crippen LogP) is 5.95. The van der Waals surface area contributed by atoms with Gasteiger partial charge in [-0.2, -0.15) is 13.2 Å².